The van der Waals surface area contributed by atoms with Crippen molar-refractivity contribution >= 4 is 16.9 Å². The van der Waals surface area contributed by atoms with Gasteiger partial charge in [0.15, 0.2) is 11.5 Å². The molecular weight excluding hydrogens is 304 g/mol. The van der Waals surface area contributed by atoms with E-state index in [1.54, 1.807) is 0 Å². The molecule has 0 unspecified atom stereocenters. The van der Waals surface area contributed by atoms with Gasteiger partial charge in [-0.15, -0.1) is 0 Å². The molecule has 23 heavy (non-hydrogen) atoms. The van der Waals surface area contributed by atoms with Crippen LogP contribution in [0.25, 0.3) is 22.1 Å². The molecule has 0 aliphatic rings. The Bertz CT molecular complexity index is 1000. The Hall–Kier alpha value is -3.48. The second-order valence-corrected chi connectivity index (χ2v) is 4.79. The van der Waals surface area contributed by atoms with Crippen LogP contribution in [0.4, 0.5) is 0 Å². The number of hydrogen-bond acceptors (Lipinski definition) is 6. The summed E-state index contributed by atoms with van der Waals surface area (Å²) in [6.07, 6.45) is 0. The maximum atomic E-state index is 12.6. The lowest BCUT2D eigenvalue weighted by atomic mass is 10.0. The quantitative estimate of drug-likeness (QED) is 0.534. The zero-order valence-corrected chi connectivity index (χ0v) is 11.5. The average molecular weight is 314 g/mol. The summed E-state index contributed by atoms with van der Waals surface area (Å²) < 4.78 is 5.24. The van der Waals surface area contributed by atoms with E-state index >= 15 is 0 Å². The molecule has 2 aromatic carbocycles. The predicted octanol–water partition coefficient (Wildman–Crippen LogP) is 2.28. The predicted molar refractivity (Wildman–Crippen MR) is 79.9 cm³/mol. The van der Waals surface area contributed by atoms with Crippen LogP contribution in [0.15, 0.2) is 45.6 Å². The van der Waals surface area contributed by atoms with E-state index < -0.39 is 28.7 Å². The highest BCUT2D eigenvalue weighted by atomic mass is 16.4. The van der Waals surface area contributed by atoms with Gasteiger partial charge < -0.3 is 24.8 Å². The first-order valence-corrected chi connectivity index (χ1v) is 6.44. The SMILES string of the molecule is O=C(O)c1oc2cccc(O)c2c(=O)c1-c1ccc(O)c(O)c1. The van der Waals surface area contributed by atoms with Crippen LogP contribution in [0.5, 0.6) is 17.2 Å². The maximum absolute atomic E-state index is 12.6. The number of benzene rings is 2. The summed E-state index contributed by atoms with van der Waals surface area (Å²) in [4.78, 5) is 24.1. The standard InChI is InChI=1S/C16H10O7/c17-8-5-4-7(6-10(8)19)12-14(20)13-9(18)2-1-3-11(13)23-15(12)16(21)22/h1-6,17-19H,(H,21,22). The van der Waals surface area contributed by atoms with Gasteiger partial charge in [0.2, 0.25) is 11.2 Å². The van der Waals surface area contributed by atoms with E-state index in [0.717, 1.165) is 12.1 Å². The van der Waals surface area contributed by atoms with E-state index in [1.807, 2.05) is 0 Å². The first-order chi connectivity index (χ1) is 10.9. The number of fused-ring (bicyclic) bond motifs is 1. The molecule has 7 heteroatoms. The van der Waals surface area contributed by atoms with Crippen molar-refractivity contribution < 1.29 is 29.6 Å². The van der Waals surface area contributed by atoms with Gasteiger partial charge in [-0.25, -0.2) is 4.79 Å². The zero-order chi connectivity index (χ0) is 16.7. The number of rotatable bonds is 2. The third kappa shape index (κ3) is 2.24. The smallest absolute Gasteiger partial charge is 0.372 e. The molecule has 0 aliphatic heterocycles. The molecule has 7 nitrogen and oxygen atoms in total. The summed E-state index contributed by atoms with van der Waals surface area (Å²) in [6.45, 7) is 0. The van der Waals surface area contributed by atoms with Crippen molar-refractivity contribution in [2.75, 3.05) is 0 Å². The van der Waals surface area contributed by atoms with Gasteiger partial charge in [-0.1, -0.05) is 12.1 Å². The number of aromatic hydroxyl groups is 3. The minimum absolute atomic E-state index is 0.0385. The van der Waals surface area contributed by atoms with Crippen molar-refractivity contribution in [2.45, 2.75) is 0 Å². The highest BCUT2D eigenvalue weighted by molar-refractivity contribution is 5.98. The molecule has 0 saturated carbocycles. The Labute approximate surface area is 128 Å². The van der Waals surface area contributed by atoms with E-state index in [1.165, 1.54) is 24.3 Å². The van der Waals surface area contributed by atoms with Crippen molar-refractivity contribution in [3.8, 4) is 28.4 Å². The second-order valence-electron chi connectivity index (χ2n) is 4.79. The fourth-order valence-electron chi connectivity index (χ4n) is 2.31. The lowest BCUT2D eigenvalue weighted by molar-refractivity contribution is 0.0664. The first kappa shape index (κ1) is 14.5. The number of aromatic carboxylic acids is 1. The minimum atomic E-state index is -1.48. The van der Waals surface area contributed by atoms with Gasteiger partial charge in [-0.05, 0) is 29.8 Å². The van der Waals surface area contributed by atoms with Crippen LogP contribution in [-0.4, -0.2) is 26.4 Å². The van der Waals surface area contributed by atoms with Gasteiger partial charge in [0, 0.05) is 0 Å². The molecular formula is C16H10O7. The van der Waals surface area contributed by atoms with Gasteiger partial charge in [0.05, 0.1) is 5.56 Å². The highest BCUT2D eigenvalue weighted by Crippen LogP contribution is 2.33. The van der Waals surface area contributed by atoms with E-state index in [2.05, 4.69) is 0 Å². The molecule has 3 rings (SSSR count). The first-order valence-electron chi connectivity index (χ1n) is 6.44. The molecule has 0 saturated heterocycles. The maximum Gasteiger partial charge on any atom is 0.372 e. The van der Waals surface area contributed by atoms with Gasteiger partial charge in [0.25, 0.3) is 0 Å². The second kappa shape index (κ2) is 5.06. The third-order valence-corrected chi connectivity index (χ3v) is 3.36. The molecule has 0 atom stereocenters. The number of carbonyl (C=O) groups is 1. The molecule has 0 aliphatic carbocycles. The molecule has 1 aromatic heterocycles. The molecule has 4 N–H and O–H groups in total. The van der Waals surface area contributed by atoms with Crippen LogP contribution in [0.3, 0.4) is 0 Å². The van der Waals surface area contributed by atoms with Crippen LogP contribution in [-0.2, 0) is 0 Å². The number of hydrogen-bond donors (Lipinski definition) is 4. The highest BCUT2D eigenvalue weighted by Gasteiger charge is 2.23. The summed E-state index contributed by atoms with van der Waals surface area (Å²) in [6, 6.07) is 7.47. The average Bonchev–Trinajstić information content (AvgIpc) is 2.50. The van der Waals surface area contributed by atoms with E-state index in [-0.39, 0.29) is 27.8 Å². The Balaban J connectivity index is 2.47. The molecule has 0 bridgehead atoms. The van der Waals surface area contributed by atoms with Gasteiger partial charge in [0.1, 0.15) is 16.7 Å². The van der Waals surface area contributed by atoms with Crippen molar-refractivity contribution in [1.29, 1.82) is 0 Å². The number of carboxylic acids is 1. The molecule has 0 spiro atoms. The summed E-state index contributed by atoms with van der Waals surface area (Å²) >= 11 is 0. The Morgan fingerprint density at radius 3 is 2.35 bits per heavy atom. The molecule has 116 valence electrons. The third-order valence-electron chi connectivity index (χ3n) is 3.36. The van der Waals surface area contributed by atoms with E-state index in [4.69, 9.17) is 4.42 Å². The largest absolute Gasteiger partial charge is 0.507 e. The fraction of sp³-hybridized carbons (Fsp3) is 0. The normalized spacial score (nSPS) is 10.8. The molecule has 1 heterocycles. The lowest BCUT2D eigenvalue weighted by Crippen LogP contribution is -2.12. The zero-order valence-electron chi connectivity index (χ0n) is 11.5. The Morgan fingerprint density at radius 1 is 0.957 bits per heavy atom. The number of phenols is 3. The summed E-state index contributed by atoms with van der Waals surface area (Å²) in [5.74, 6) is -3.39. The monoisotopic (exact) mass is 314 g/mol. The fourth-order valence-corrected chi connectivity index (χ4v) is 2.31. The van der Waals surface area contributed by atoms with Crippen LogP contribution < -0.4 is 5.43 Å². The van der Waals surface area contributed by atoms with E-state index in [9.17, 15) is 30.0 Å². The van der Waals surface area contributed by atoms with Crippen molar-refractivity contribution in [1.82, 2.24) is 0 Å². The van der Waals surface area contributed by atoms with Crippen LogP contribution in [0.1, 0.15) is 10.6 Å². The van der Waals surface area contributed by atoms with Crippen LogP contribution in [0.2, 0.25) is 0 Å². The molecule has 3 aromatic rings. The van der Waals surface area contributed by atoms with Crippen LogP contribution in [0, 0.1) is 0 Å². The lowest BCUT2D eigenvalue weighted by Gasteiger charge is -2.09. The van der Waals surface area contributed by atoms with Crippen molar-refractivity contribution in [3.05, 3.63) is 52.4 Å². The topological polar surface area (TPSA) is 128 Å². The van der Waals surface area contributed by atoms with Gasteiger partial charge in [-0.3, -0.25) is 4.79 Å². The molecule has 0 fully saturated rings. The minimum Gasteiger partial charge on any atom is -0.507 e. The van der Waals surface area contributed by atoms with Crippen LogP contribution >= 0.6 is 0 Å². The summed E-state index contributed by atoms with van der Waals surface area (Å²) in [7, 11) is 0. The number of phenolic OH excluding ortho intramolecular Hbond substituents is 3. The van der Waals surface area contributed by atoms with E-state index in [0.29, 0.717) is 0 Å². The van der Waals surface area contributed by atoms with Gasteiger partial charge in [-0.2, -0.15) is 0 Å². The Morgan fingerprint density at radius 2 is 1.70 bits per heavy atom. The Kier molecular flexibility index (Phi) is 3.18. The summed E-state index contributed by atoms with van der Waals surface area (Å²) in [5.41, 5.74) is -1.12. The van der Waals surface area contributed by atoms with Crippen molar-refractivity contribution in [2.24, 2.45) is 0 Å². The molecule has 0 amide bonds. The number of carboxylic acid groups (broad SMARTS) is 1. The molecule has 0 radical (unpaired) electrons. The van der Waals surface area contributed by atoms with Gasteiger partial charge >= 0.3 is 5.97 Å². The summed E-state index contributed by atoms with van der Waals surface area (Å²) in [5, 5.41) is 37.9. The van der Waals surface area contributed by atoms with Crippen molar-refractivity contribution in [3.63, 3.8) is 0 Å².